The van der Waals surface area contributed by atoms with Crippen LogP contribution in [-0.4, -0.2) is 14.2 Å². The van der Waals surface area contributed by atoms with Gasteiger partial charge in [0.05, 0.1) is 7.11 Å². The fourth-order valence-electron chi connectivity index (χ4n) is 0.231. The summed E-state index contributed by atoms with van der Waals surface area (Å²) in [6.45, 7) is 0. The third-order valence-corrected chi connectivity index (χ3v) is 3.21. The molecule has 0 aromatic carbocycles. The van der Waals surface area contributed by atoms with E-state index in [1.807, 2.05) is 0 Å². The van der Waals surface area contributed by atoms with Gasteiger partial charge in [-0.1, -0.05) is 0 Å². The van der Waals surface area contributed by atoms with Crippen LogP contribution in [0.15, 0.2) is 0 Å². The Morgan fingerprint density at radius 3 is 2.36 bits per heavy atom. The molecule has 0 aliphatic carbocycles. The molecular weight excluding hydrogens is 190 g/mol. The van der Waals surface area contributed by atoms with Crippen LogP contribution < -0.4 is 0 Å². The van der Waals surface area contributed by atoms with Crippen molar-refractivity contribution < 1.29 is 22.5 Å². The topological polar surface area (TPSA) is 61.8 Å². The lowest BCUT2D eigenvalue weighted by atomic mass is 11.4. The standard InChI is InChI=1S/C4H7O5P2/c1-4-11(6,8-3)9-10(5)7-2/h1H,2-3H3/q+1. The van der Waals surface area contributed by atoms with Gasteiger partial charge in [-0.05, 0) is 4.31 Å². The molecule has 11 heavy (non-hydrogen) atoms. The largest absolute Gasteiger partial charge is 0.706 e. The van der Waals surface area contributed by atoms with Crippen molar-refractivity contribution in [3.05, 3.63) is 0 Å². The second-order valence-electron chi connectivity index (χ2n) is 1.30. The minimum Gasteiger partial charge on any atom is -0.300 e. The van der Waals surface area contributed by atoms with Gasteiger partial charge in [-0.3, -0.25) is 0 Å². The molecule has 2 unspecified atom stereocenters. The van der Waals surface area contributed by atoms with Gasteiger partial charge in [0.15, 0.2) is 0 Å². The van der Waals surface area contributed by atoms with Crippen LogP contribution in [0.4, 0.5) is 0 Å². The zero-order valence-electron chi connectivity index (χ0n) is 6.01. The van der Waals surface area contributed by atoms with Crippen LogP contribution in [0.1, 0.15) is 0 Å². The minimum absolute atomic E-state index is 1.10. The molecule has 0 aromatic rings. The van der Waals surface area contributed by atoms with Gasteiger partial charge >= 0.3 is 15.9 Å². The predicted molar refractivity (Wildman–Crippen MR) is 39.1 cm³/mol. The average Bonchev–Trinajstić information content (AvgIpc) is 2.04. The summed E-state index contributed by atoms with van der Waals surface area (Å²) in [6.07, 6.45) is 4.77. The normalized spacial score (nSPS) is 16.6. The van der Waals surface area contributed by atoms with Gasteiger partial charge in [0.1, 0.15) is 0 Å². The van der Waals surface area contributed by atoms with Crippen molar-refractivity contribution in [2.24, 2.45) is 0 Å². The van der Waals surface area contributed by atoms with Gasteiger partial charge < -0.3 is 4.52 Å². The molecule has 5 nitrogen and oxygen atoms in total. The first-order chi connectivity index (χ1) is 5.08. The molecule has 0 aliphatic rings. The Kier molecular flexibility index (Phi) is 4.51. The first kappa shape index (κ1) is 10.8. The third kappa shape index (κ3) is 3.62. The van der Waals surface area contributed by atoms with Crippen LogP contribution >= 0.6 is 15.9 Å². The van der Waals surface area contributed by atoms with E-state index in [-0.39, 0.29) is 0 Å². The molecule has 0 saturated carbocycles. The van der Waals surface area contributed by atoms with Crippen molar-refractivity contribution in [1.82, 2.24) is 0 Å². The van der Waals surface area contributed by atoms with Crippen molar-refractivity contribution in [3.63, 3.8) is 0 Å². The lowest BCUT2D eigenvalue weighted by Crippen LogP contribution is -1.82. The van der Waals surface area contributed by atoms with Gasteiger partial charge in [0.2, 0.25) is 0 Å². The van der Waals surface area contributed by atoms with Crippen LogP contribution in [0, 0.1) is 12.1 Å². The summed E-state index contributed by atoms with van der Waals surface area (Å²) in [5.74, 6) is 0. The second kappa shape index (κ2) is 4.61. The molecule has 7 heteroatoms. The molecule has 0 spiro atoms. The van der Waals surface area contributed by atoms with Crippen LogP contribution in [-0.2, 0) is 22.5 Å². The van der Waals surface area contributed by atoms with E-state index in [0.717, 1.165) is 14.2 Å². The zero-order valence-corrected chi connectivity index (χ0v) is 7.80. The summed E-state index contributed by atoms with van der Waals surface area (Å²) in [5, 5.41) is 0. The van der Waals surface area contributed by atoms with Crippen LogP contribution in [0.2, 0.25) is 0 Å². The minimum atomic E-state index is -3.63. The Hall–Kier alpha value is -0.230. The van der Waals surface area contributed by atoms with Gasteiger partial charge in [0.25, 0.3) is 0 Å². The lowest BCUT2D eigenvalue weighted by molar-refractivity contribution is 0.301. The first-order valence-corrected chi connectivity index (χ1v) is 5.06. The molecule has 0 heterocycles. The van der Waals surface area contributed by atoms with E-state index < -0.39 is 15.9 Å². The maximum absolute atomic E-state index is 11.0. The Bertz CT molecular complexity index is 229. The smallest absolute Gasteiger partial charge is 0.300 e. The molecule has 0 saturated heterocycles. The Labute approximate surface area is 65.5 Å². The van der Waals surface area contributed by atoms with Crippen LogP contribution in [0.25, 0.3) is 0 Å². The van der Waals surface area contributed by atoms with Crippen molar-refractivity contribution in [2.45, 2.75) is 0 Å². The summed E-state index contributed by atoms with van der Waals surface area (Å²) >= 11 is 0. The summed E-state index contributed by atoms with van der Waals surface area (Å²) in [4.78, 5) is 0. The van der Waals surface area contributed by atoms with E-state index in [4.69, 9.17) is 6.42 Å². The van der Waals surface area contributed by atoms with E-state index in [1.165, 1.54) is 0 Å². The fourth-order valence-corrected chi connectivity index (χ4v) is 1.76. The van der Waals surface area contributed by atoms with Crippen molar-refractivity contribution in [2.75, 3.05) is 14.2 Å². The fraction of sp³-hybridized carbons (Fsp3) is 0.500. The van der Waals surface area contributed by atoms with E-state index in [2.05, 4.69) is 13.4 Å². The molecule has 0 rings (SSSR count). The molecule has 0 amide bonds. The Morgan fingerprint density at radius 1 is 1.55 bits per heavy atom. The Balaban J connectivity index is 4.24. The van der Waals surface area contributed by atoms with Crippen LogP contribution in [0.5, 0.6) is 0 Å². The maximum atomic E-state index is 11.0. The van der Waals surface area contributed by atoms with Gasteiger partial charge in [-0.2, -0.15) is 0 Å². The zero-order chi connectivity index (χ0) is 8.91. The summed E-state index contributed by atoms with van der Waals surface area (Å²) in [5.41, 5.74) is 1.74. The SMILES string of the molecule is C#CP(=O)(OC)O[P+](=O)OC. The van der Waals surface area contributed by atoms with Crippen molar-refractivity contribution in [1.29, 1.82) is 0 Å². The molecule has 0 bridgehead atoms. The van der Waals surface area contributed by atoms with E-state index in [1.54, 1.807) is 5.66 Å². The highest BCUT2D eigenvalue weighted by Gasteiger charge is 2.35. The summed E-state index contributed by atoms with van der Waals surface area (Å²) in [7, 11) is -3.86. The highest BCUT2D eigenvalue weighted by molar-refractivity contribution is 7.64. The second-order valence-corrected chi connectivity index (χ2v) is 4.38. The van der Waals surface area contributed by atoms with Gasteiger partial charge in [-0.15, -0.1) is 10.9 Å². The number of rotatable bonds is 4. The third-order valence-electron chi connectivity index (χ3n) is 0.722. The molecular formula is C4H7O5P2+. The molecule has 0 aliphatic heterocycles. The number of hydrogen-bond donors (Lipinski definition) is 0. The van der Waals surface area contributed by atoms with Gasteiger partial charge in [0, 0.05) is 17.3 Å². The number of terminal acetylenes is 1. The van der Waals surface area contributed by atoms with E-state index in [9.17, 15) is 9.13 Å². The van der Waals surface area contributed by atoms with Crippen molar-refractivity contribution in [3.8, 4) is 12.1 Å². The van der Waals surface area contributed by atoms with Crippen LogP contribution in [0.3, 0.4) is 0 Å². The summed E-state index contributed by atoms with van der Waals surface area (Å²) < 4.78 is 34.2. The first-order valence-electron chi connectivity index (χ1n) is 2.42. The number of hydrogen-bond acceptors (Lipinski definition) is 5. The average molecular weight is 197 g/mol. The monoisotopic (exact) mass is 197 g/mol. The Morgan fingerprint density at radius 2 is 2.09 bits per heavy atom. The summed E-state index contributed by atoms with van der Waals surface area (Å²) in [6, 6.07) is 0. The molecule has 0 radical (unpaired) electrons. The highest BCUT2D eigenvalue weighted by Crippen LogP contribution is 2.53. The quantitative estimate of drug-likeness (QED) is 0.507. The molecule has 2 atom stereocenters. The molecule has 0 fully saturated rings. The lowest BCUT2D eigenvalue weighted by Gasteiger charge is -1.97. The maximum Gasteiger partial charge on any atom is 0.706 e. The predicted octanol–water partition coefficient (Wildman–Crippen LogP) is 1.74. The molecule has 0 aromatic heterocycles. The van der Waals surface area contributed by atoms with E-state index in [0.29, 0.717) is 0 Å². The van der Waals surface area contributed by atoms with Gasteiger partial charge in [-0.25, -0.2) is 4.57 Å². The molecule has 62 valence electrons. The molecule has 0 N–H and O–H groups in total. The van der Waals surface area contributed by atoms with Crippen molar-refractivity contribution >= 4 is 15.9 Å². The highest BCUT2D eigenvalue weighted by atomic mass is 31.2. The van der Waals surface area contributed by atoms with E-state index >= 15 is 0 Å².